The van der Waals surface area contributed by atoms with Crippen LogP contribution < -0.4 is 16.6 Å². The van der Waals surface area contributed by atoms with E-state index in [-0.39, 0.29) is 10.7 Å². The lowest BCUT2D eigenvalue weighted by Crippen LogP contribution is -2.35. The fourth-order valence-corrected chi connectivity index (χ4v) is 1.98. The summed E-state index contributed by atoms with van der Waals surface area (Å²) in [7, 11) is 0. The van der Waals surface area contributed by atoms with Gasteiger partial charge in [-0.05, 0) is 25.1 Å². The van der Waals surface area contributed by atoms with E-state index in [9.17, 15) is 23.6 Å². The molecule has 2 N–H and O–H groups in total. The van der Waals surface area contributed by atoms with Crippen LogP contribution in [0.25, 0.3) is 0 Å². The molecule has 0 saturated heterocycles. The van der Waals surface area contributed by atoms with Crippen LogP contribution >= 0.6 is 11.6 Å². The van der Waals surface area contributed by atoms with Crippen LogP contribution in [0, 0.1) is 5.82 Å². The Bertz CT molecular complexity index is 924. The first-order valence-electron chi connectivity index (χ1n) is 7.01. The van der Waals surface area contributed by atoms with Crippen LogP contribution in [0.5, 0.6) is 0 Å². The zero-order valence-corrected chi connectivity index (χ0v) is 13.7. The number of benzene rings is 1. The van der Waals surface area contributed by atoms with Gasteiger partial charge in [0.15, 0.2) is 6.10 Å². The number of carbonyl (C=O) groups is 2. The second-order valence-corrected chi connectivity index (χ2v) is 5.42. The van der Waals surface area contributed by atoms with Crippen LogP contribution in [0.4, 0.5) is 10.1 Å². The molecule has 0 unspecified atom stereocenters. The molecule has 132 valence electrons. The highest BCUT2D eigenvalue weighted by Gasteiger charge is 2.19. The monoisotopic (exact) mass is 369 g/mol. The number of ether oxygens (including phenoxy) is 1. The summed E-state index contributed by atoms with van der Waals surface area (Å²) in [6, 6.07) is 4.74. The molecule has 1 atom stereocenters. The van der Waals surface area contributed by atoms with E-state index in [2.05, 4.69) is 5.32 Å². The molecule has 0 aliphatic heterocycles. The predicted molar refractivity (Wildman–Crippen MR) is 86.9 cm³/mol. The number of rotatable bonds is 5. The molecule has 0 aliphatic carbocycles. The van der Waals surface area contributed by atoms with Gasteiger partial charge in [0.25, 0.3) is 11.5 Å². The molecular formula is C15H13ClFN3O5. The standard InChI is InChI=1S/C15H13ClFN3O5/c1-8(14(23)18-11-3-2-9(16)6-10(11)17)25-13(22)7-20-5-4-12(21)19-15(20)24/h2-6,8H,7H2,1H3,(H,18,23)(H,19,21,24)/t8-/m0/s1. The van der Waals surface area contributed by atoms with Crippen LogP contribution in [-0.2, 0) is 20.9 Å². The van der Waals surface area contributed by atoms with Crippen LogP contribution in [0.15, 0.2) is 40.1 Å². The third kappa shape index (κ3) is 5.01. The molecule has 2 aromatic rings. The molecule has 0 aliphatic rings. The lowest BCUT2D eigenvalue weighted by molar-refractivity contribution is -0.153. The number of carbonyl (C=O) groups excluding carboxylic acids is 2. The Morgan fingerprint density at radius 1 is 1.36 bits per heavy atom. The Labute approximate surface area is 145 Å². The van der Waals surface area contributed by atoms with Crippen molar-refractivity contribution in [1.29, 1.82) is 0 Å². The maximum atomic E-state index is 13.6. The Balaban J connectivity index is 1.97. The summed E-state index contributed by atoms with van der Waals surface area (Å²) in [6.07, 6.45) is -0.114. The van der Waals surface area contributed by atoms with Crippen molar-refractivity contribution in [2.75, 3.05) is 5.32 Å². The minimum Gasteiger partial charge on any atom is -0.451 e. The average molecular weight is 370 g/mol. The molecule has 0 saturated carbocycles. The number of nitrogens with one attached hydrogen (secondary N) is 2. The van der Waals surface area contributed by atoms with Gasteiger partial charge in [0, 0.05) is 17.3 Å². The average Bonchev–Trinajstić information content (AvgIpc) is 2.52. The van der Waals surface area contributed by atoms with Gasteiger partial charge in [0.2, 0.25) is 0 Å². The number of H-pyrrole nitrogens is 1. The SMILES string of the molecule is C[C@H](OC(=O)Cn1ccc(=O)[nH]c1=O)C(=O)Nc1ccc(Cl)cc1F. The summed E-state index contributed by atoms with van der Waals surface area (Å²) in [6.45, 7) is 0.791. The van der Waals surface area contributed by atoms with Gasteiger partial charge >= 0.3 is 11.7 Å². The fourth-order valence-electron chi connectivity index (χ4n) is 1.82. The summed E-state index contributed by atoms with van der Waals surface area (Å²) in [4.78, 5) is 48.1. The zero-order chi connectivity index (χ0) is 18.6. The van der Waals surface area contributed by atoms with Crippen molar-refractivity contribution in [3.05, 3.63) is 62.1 Å². The zero-order valence-electron chi connectivity index (χ0n) is 12.9. The molecule has 0 radical (unpaired) electrons. The minimum absolute atomic E-state index is 0.117. The number of nitrogens with zero attached hydrogens (tertiary/aromatic N) is 1. The number of halogens is 2. The van der Waals surface area contributed by atoms with E-state index >= 15 is 0 Å². The van der Waals surface area contributed by atoms with Gasteiger partial charge in [0.05, 0.1) is 5.69 Å². The third-order valence-electron chi connectivity index (χ3n) is 3.06. The first kappa shape index (κ1) is 18.4. The summed E-state index contributed by atoms with van der Waals surface area (Å²) in [5, 5.41) is 2.43. The molecule has 2 rings (SSSR count). The van der Waals surface area contributed by atoms with Gasteiger partial charge in [-0.1, -0.05) is 11.6 Å². The van der Waals surface area contributed by atoms with E-state index in [4.69, 9.17) is 16.3 Å². The molecular weight excluding hydrogens is 357 g/mol. The highest BCUT2D eigenvalue weighted by atomic mass is 35.5. The van der Waals surface area contributed by atoms with Crippen LogP contribution in [0.2, 0.25) is 5.02 Å². The number of aromatic amines is 1. The van der Waals surface area contributed by atoms with Gasteiger partial charge in [-0.15, -0.1) is 0 Å². The number of hydrogen-bond acceptors (Lipinski definition) is 5. The van der Waals surface area contributed by atoms with Gasteiger partial charge in [-0.25, -0.2) is 9.18 Å². The molecule has 1 heterocycles. The Hall–Kier alpha value is -2.94. The molecule has 1 aromatic carbocycles. The normalized spacial score (nSPS) is 11.6. The number of amides is 1. The highest BCUT2D eigenvalue weighted by Crippen LogP contribution is 2.19. The van der Waals surface area contributed by atoms with Gasteiger partial charge in [-0.2, -0.15) is 0 Å². The number of aromatic nitrogens is 2. The lowest BCUT2D eigenvalue weighted by Gasteiger charge is -2.14. The first-order valence-corrected chi connectivity index (χ1v) is 7.39. The maximum Gasteiger partial charge on any atom is 0.328 e. The summed E-state index contributed by atoms with van der Waals surface area (Å²) >= 11 is 5.61. The van der Waals surface area contributed by atoms with Gasteiger partial charge in [-0.3, -0.25) is 23.9 Å². The molecule has 8 nitrogen and oxygen atoms in total. The third-order valence-corrected chi connectivity index (χ3v) is 3.30. The van der Waals surface area contributed by atoms with Crippen LogP contribution in [0.3, 0.4) is 0 Å². The smallest absolute Gasteiger partial charge is 0.328 e. The maximum absolute atomic E-state index is 13.6. The van der Waals surface area contributed by atoms with Crippen molar-refractivity contribution in [3.63, 3.8) is 0 Å². The predicted octanol–water partition coefficient (Wildman–Crippen LogP) is 0.899. The van der Waals surface area contributed by atoms with E-state index in [1.807, 2.05) is 4.98 Å². The molecule has 1 amide bonds. The molecule has 1 aromatic heterocycles. The second kappa shape index (κ2) is 7.75. The first-order chi connectivity index (χ1) is 11.8. The van der Waals surface area contributed by atoms with Gasteiger partial charge < -0.3 is 10.1 Å². The number of hydrogen-bond donors (Lipinski definition) is 2. The van der Waals surface area contributed by atoms with Crippen molar-refractivity contribution < 1.29 is 18.7 Å². The van der Waals surface area contributed by atoms with Crippen LogP contribution in [-0.4, -0.2) is 27.5 Å². The summed E-state index contributed by atoms with van der Waals surface area (Å²) < 4.78 is 19.4. The highest BCUT2D eigenvalue weighted by molar-refractivity contribution is 6.30. The molecule has 10 heteroatoms. The van der Waals surface area contributed by atoms with E-state index in [1.165, 1.54) is 19.1 Å². The van der Waals surface area contributed by atoms with Crippen LogP contribution in [0.1, 0.15) is 6.92 Å². The fraction of sp³-hybridized carbons (Fsp3) is 0.200. The summed E-state index contributed by atoms with van der Waals surface area (Å²) in [5.41, 5.74) is -1.51. The minimum atomic E-state index is -1.24. The van der Waals surface area contributed by atoms with Crippen molar-refractivity contribution in [3.8, 4) is 0 Å². The van der Waals surface area contributed by atoms with Gasteiger partial charge in [0.1, 0.15) is 12.4 Å². The van der Waals surface area contributed by atoms with E-state index in [0.717, 1.165) is 22.9 Å². The van der Waals surface area contributed by atoms with E-state index in [0.29, 0.717) is 0 Å². The number of anilines is 1. The van der Waals surface area contributed by atoms with E-state index in [1.54, 1.807) is 0 Å². The topological polar surface area (TPSA) is 110 Å². The number of esters is 1. The molecule has 0 fully saturated rings. The Morgan fingerprint density at radius 2 is 2.08 bits per heavy atom. The van der Waals surface area contributed by atoms with Crippen molar-refractivity contribution >= 4 is 29.2 Å². The van der Waals surface area contributed by atoms with Crippen molar-refractivity contribution in [2.45, 2.75) is 19.6 Å². The quantitative estimate of drug-likeness (QED) is 0.761. The molecule has 0 bridgehead atoms. The Kier molecular flexibility index (Phi) is 5.71. The molecule has 0 spiro atoms. The van der Waals surface area contributed by atoms with E-state index < -0.39 is 41.6 Å². The van der Waals surface area contributed by atoms with Crippen molar-refractivity contribution in [2.24, 2.45) is 0 Å². The second-order valence-electron chi connectivity index (χ2n) is 4.98. The molecule has 25 heavy (non-hydrogen) atoms. The largest absolute Gasteiger partial charge is 0.451 e. The lowest BCUT2D eigenvalue weighted by atomic mass is 10.3. The Morgan fingerprint density at radius 3 is 2.72 bits per heavy atom. The van der Waals surface area contributed by atoms with Crippen molar-refractivity contribution in [1.82, 2.24) is 9.55 Å². The summed E-state index contributed by atoms with van der Waals surface area (Å²) in [5.74, 6) is -2.38.